The summed E-state index contributed by atoms with van der Waals surface area (Å²) >= 11 is 0. The summed E-state index contributed by atoms with van der Waals surface area (Å²) in [4.78, 5) is 0. The highest BCUT2D eigenvalue weighted by Crippen LogP contribution is 2.55. The van der Waals surface area contributed by atoms with Crippen molar-refractivity contribution in [2.75, 3.05) is 6.54 Å². The lowest BCUT2D eigenvalue weighted by Gasteiger charge is -2.57. The van der Waals surface area contributed by atoms with Crippen LogP contribution in [0, 0.1) is 5.41 Å². The van der Waals surface area contributed by atoms with Crippen LogP contribution in [0.5, 0.6) is 0 Å². The van der Waals surface area contributed by atoms with Crippen LogP contribution in [0.3, 0.4) is 0 Å². The van der Waals surface area contributed by atoms with Gasteiger partial charge in [0, 0.05) is 18.0 Å². The summed E-state index contributed by atoms with van der Waals surface area (Å²) in [6, 6.07) is 10.0. The van der Waals surface area contributed by atoms with Gasteiger partial charge >= 0.3 is 0 Å². The molecule has 4 rings (SSSR count). The Morgan fingerprint density at radius 2 is 1.94 bits per heavy atom. The zero-order valence-corrected chi connectivity index (χ0v) is 9.71. The summed E-state index contributed by atoms with van der Waals surface area (Å²) in [7, 11) is 0. The van der Waals surface area contributed by atoms with Crippen molar-refractivity contribution in [1.82, 2.24) is 5.32 Å². The van der Waals surface area contributed by atoms with E-state index >= 15 is 0 Å². The van der Waals surface area contributed by atoms with E-state index in [1.54, 1.807) is 11.1 Å². The lowest BCUT2D eigenvalue weighted by atomic mass is 9.58. The van der Waals surface area contributed by atoms with Gasteiger partial charge in [0.2, 0.25) is 0 Å². The first-order valence-corrected chi connectivity index (χ1v) is 6.71. The van der Waals surface area contributed by atoms with E-state index in [4.69, 9.17) is 0 Å². The third kappa shape index (κ3) is 1.21. The Hall–Kier alpha value is -0.820. The molecule has 0 amide bonds. The molecule has 2 saturated carbocycles. The van der Waals surface area contributed by atoms with Crippen LogP contribution >= 0.6 is 0 Å². The lowest BCUT2D eigenvalue weighted by molar-refractivity contribution is -0.00567. The number of hydrogen-bond donors (Lipinski definition) is 1. The Kier molecular flexibility index (Phi) is 1.79. The van der Waals surface area contributed by atoms with E-state index in [0.717, 1.165) is 5.92 Å². The van der Waals surface area contributed by atoms with Crippen LogP contribution in [0.25, 0.3) is 0 Å². The van der Waals surface area contributed by atoms with E-state index in [-0.39, 0.29) is 0 Å². The zero-order chi connectivity index (χ0) is 10.6. The highest BCUT2D eigenvalue weighted by molar-refractivity contribution is 5.34. The standard InChI is InChI=1S/C15H19N/c1-3-12(11-5-6-11)9-13(4-1)14-15(10-16-14)7-2-8-15/h1,3-4,9,11,14,16H,2,5-8,10H2. The van der Waals surface area contributed by atoms with Gasteiger partial charge in [-0.25, -0.2) is 0 Å². The highest BCUT2D eigenvalue weighted by Gasteiger charge is 2.51. The van der Waals surface area contributed by atoms with E-state index in [1.165, 1.54) is 38.6 Å². The Bertz CT molecular complexity index is 410. The molecule has 1 aromatic carbocycles. The molecule has 0 bridgehead atoms. The van der Waals surface area contributed by atoms with Gasteiger partial charge in [0.15, 0.2) is 0 Å². The maximum Gasteiger partial charge on any atom is 0.0389 e. The second-order valence-electron chi connectivity index (χ2n) is 5.97. The smallest absolute Gasteiger partial charge is 0.0389 e. The van der Waals surface area contributed by atoms with Crippen molar-refractivity contribution in [2.24, 2.45) is 5.41 Å². The third-order valence-corrected chi connectivity index (χ3v) is 4.91. The number of hydrogen-bond acceptors (Lipinski definition) is 1. The fourth-order valence-corrected chi connectivity index (χ4v) is 3.47. The van der Waals surface area contributed by atoms with Crippen molar-refractivity contribution in [3.63, 3.8) is 0 Å². The van der Waals surface area contributed by atoms with Gasteiger partial charge in [-0.3, -0.25) is 0 Å². The molecule has 1 unspecified atom stereocenters. The van der Waals surface area contributed by atoms with Gasteiger partial charge < -0.3 is 5.32 Å². The minimum absolute atomic E-state index is 0.655. The van der Waals surface area contributed by atoms with Gasteiger partial charge in [-0.15, -0.1) is 0 Å². The molecular formula is C15H19N. The summed E-state index contributed by atoms with van der Waals surface area (Å²) < 4.78 is 0. The molecule has 1 heterocycles. The van der Waals surface area contributed by atoms with E-state index in [0.29, 0.717) is 11.5 Å². The molecule has 1 aliphatic heterocycles. The van der Waals surface area contributed by atoms with Gasteiger partial charge in [0.1, 0.15) is 0 Å². The van der Waals surface area contributed by atoms with Crippen LogP contribution in [-0.2, 0) is 0 Å². The van der Waals surface area contributed by atoms with E-state index < -0.39 is 0 Å². The number of rotatable bonds is 2. The first kappa shape index (κ1) is 9.23. The van der Waals surface area contributed by atoms with E-state index in [2.05, 4.69) is 29.6 Å². The fraction of sp³-hybridized carbons (Fsp3) is 0.600. The van der Waals surface area contributed by atoms with Crippen molar-refractivity contribution in [1.29, 1.82) is 0 Å². The van der Waals surface area contributed by atoms with Crippen LogP contribution in [0.15, 0.2) is 24.3 Å². The van der Waals surface area contributed by atoms with Crippen LogP contribution in [0.2, 0.25) is 0 Å². The van der Waals surface area contributed by atoms with Crippen LogP contribution in [-0.4, -0.2) is 6.54 Å². The molecule has 1 heteroatoms. The SMILES string of the molecule is c1cc(C2CC2)cc(C2NCC23CCC3)c1. The summed E-state index contributed by atoms with van der Waals surface area (Å²) in [6.07, 6.45) is 7.15. The second-order valence-corrected chi connectivity index (χ2v) is 5.97. The normalized spacial score (nSPS) is 30.9. The average Bonchev–Trinajstić information content (AvgIpc) is 2.97. The third-order valence-electron chi connectivity index (χ3n) is 4.91. The zero-order valence-electron chi connectivity index (χ0n) is 9.71. The van der Waals surface area contributed by atoms with Crippen molar-refractivity contribution >= 4 is 0 Å². The Labute approximate surface area is 97.2 Å². The molecular weight excluding hydrogens is 194 g/mol. The van der Waals surface area contributed by atoms with Crippen molar-refractivity contribution in [3.05, 3.63) is 35.4 Å². The molecule has 1 nitrogen and oxygen atoms in total. The van der Waals surface area contributed by atoms with Crippen molar-refractivity contribution < 1.29 is 0 Å². The monoisotopic (exact) mass is 213 g/mol. The minimum Gasteiger partial charge on any atom is -0.309 e. The van der Waals surface area contributed by atoms with Gasteiger partial charge in [-0.05, 0) is 42.7 Å². The number of nitrogens with one attached hydrogen (secondary N) is 1. The molecule has 1 atom stereocenters. The van der Waals surface area contributed by atoms with Gasteiger partial charge in [0.25, 0.3) is 0 Å². The predicted molar refractivity (Wildman–Crippen MR) is 65.4 cm³/mol. The average molecular weight is 213 g/mol. The molecule has 0 radical (unpaired) electrons. The summed E-state index contributed by atoms with van der Waals surface area (Å²) in [5, 5.41) is 3.64. The first-order chi connectivity index (χ1) is 7.87. The lowest BCUT2D eigenvalue weighted by Crippen LogP contribution is -2.59. The Morgan fingerprint density at radius 3 is 2.50 bits per heavy atom. The second kappa shape index (κ2) is 3.10. The maximum atomic E-state index is 3.64. The van der Waals surface area contributed by atoms with Crippen LogP contribution in [0.1, 0.15) is 55.2 Å². The van der Waals surface area contributed by atoms with Gasteiger partial charge in [-0.1, -0.05) is 30.7 Å². The molecule has 1 saturated heterocycles. The molecule has 1 spiro atoms. The topological polar surface area (TPSA) is 12.0 Å². The fourth-order valence-electron chi connectivity index (χ4n) is 3.47. The van der Waals surface area contributed by atoms with Crippen molar-refractivity contribution in [2.45, 2.75) is 44.1 Å². The minimum atomic E-state index is 0.655. The Morgan fingerprint density at radius 1 is 1.12 bits per heavy atom. The maximum absolute atomic E-state index is 3.64. The van der Waals surface area contributed by atoms with Crippen LogP contribution < -0.4 is 5.32 Å². The largest absolute Gasteiger partial charge is 0.309 e. The first-order valence-electron chi connectivity index (χ1n) is 6.71. The van der Waals surface area contributed by atoms with Gasteiger partial charge in [-0.2, -0.15) is 0 Å². The summed E-state index contributed by atoms with van der Waals surface area (Å²) in [5.41, 5.74) is 3.79. The van der Waals surface area contributed by atoms with Crippen molar-refractivity contribution in [3.8, 4) is 0 Å². The molecule has 3 aliphatic rings. The molecule has 3 fully saturated rings. The van der Waals surface area contributed by atoms with Gasteiger partial charge in [0.05, 0.1) is 0 Å². The molecule has 1 aromatic rings. The molecule has 0 aromatic heterocycles. The summed E-state index contributed by atoms with van der Waals surface area (Å²) in [5.74, 6) is 0.886. The molecule has 1 N–H and O–H groups in total. The highest BCUT2D eigenvalue weighted by atomic mass is 15.1. The molecule has 84 valence electrons. The molecule has 2 aliphatic carbocycles. The van der Waals surface area contributed by atoms with Crippen LogP contribution in [0.4, 0.5) is 0 Å². The Balaban J connectivity index is 1.64. The predicted octanol–water partition coefficient (Wildman–Crippen LogP) is 3.38. The van der Waals surface area contributed by atoms with E-state index in [1.807, 2.05) is 0 Å². The quantitative estimate of drug-likeness (QED) is 0.794. The molecule has 16 heavy (non-hydrogen) atoms. The summed E-state index contributed by atoms with van der Waals surface area (Å²) in [6.45, 7) is 1.26. The number of benzene rings is 1. The van der Waals surface area contributed by atoms with E-state index in [9.17, 15) is 0 Å².